The quantitative estimate of drug-likeness (QED) is 0.689. The van der Waals surface area contributed by atoms with Gasteiger partial charge in [-0.15, -0.1) is 0 Å². The SMILES string of the molecule is Cc1ccc2c(n1)C(Cc1cccc(-c3ccccc3)c1)C(NS(C)(=O)=O)CC2. The summed E-state index contributed by atoms with van der Waals surface area (Å²) >= 11 is 0. The van der Waals surface area contributed by atoms with Crippen molar-refractivity contribution >= 4 is 10.0 Å². The summed E-state index contributed by atoms with van der Waals surface area (Å²) in [6.45, 7) is 1.99. The molecule has 4 nitrogen and oxygen atoms in total. The second-order valence-corrected chi connectivity index (χ2v) is 9.69. The van der Waals surface area contributed by atoms with Gasteiger partial charge in [0.25, 0.3) is 0 Å². The molecule has 0 saturated heterocycles. The molecule has 1 aliphatic rings. The average Bonchev–Trinajstić information content (AvgIpc) is 2.70. The van der Waals surface area contributed by atoms with E-state index in [1.165, 1.54) is 28.5 Å². The summed E-state index contributed by atoms with van der Waals surface area (Å²) in [7, 11) is -3.29. The Hall–Kier alpha value is -2.50. The van der Waals surface area contributed by atoms with E-state index in [0.717, 1.165) is 30.7 Å². The molecule has 2 unspecified atom stereocenters. The Morgan fingerprint density at radius 2 is 1.76 bits per heavy atom. The minimum atomic E-state index is -3.29. The van der Waals surface area contributed by atoms with Gasteiger partial charge < -0.3 is 0 Å². The van der Waals surface area contributed by atoms with Crippen LogP contribution in [-0.2, 0) is 22.9 Å². The molecule has 1 aromatic heterocycles. The molecular formula is C24H26N2O2S. The van der Waals surface area contributed by atoms with Crippen molar-refractivity contribution in [3.63, 3.8) is 0 Å². The molecule has 1 heterocycles. The van der Waals surface area contributed by atoms with Crippen LogP contribution < -0.4 is 4.72 Å². The van der Waals surface area contributed by atoms with Crippen molar-refractivity contribution in [2.75, 3.05) is 6.26 Å². The number of pyridine rings is 1. The molecule has 5 heteroatoms. The summed E-state index contributed by atoms with van der Waals surface area (Å²) in [5.41, 5.74) is 6.76. The first-order chi connectivity index (χ1) is 13.9. The van der Waals surface area contributed by atoms with E-state index < -0.39 is 10.0 Å². The van der Waals surface area contributed by atoms with Gasteiger partial charge >= 0.3 is 0 Å². The molecule has 150 valence electrons. The minimum Gasteiger partial charge on any atom is -0.258 e. The van der Waals surface area contributed by atoms with Gasteiger partial charge in [-0.05, 0) is 54.5 Å². The standard InChI is InChI=1S/C24H26N2O2S/c1-17-11-12-20-13-14-23(26-29(2,27)28)22(24(20)25-17)16-18-7-6-10-21(15-18)19-8-4-3-5-9-19/h3-12,15,22-23,26H,13-14,16H2,1-2H3. The van der Waals surface area contributed by atoms with Crippen molar-refractivity contribution in [2.45, 2.75) is 38.1 Å². The number of aromatic nitrogens is 1. The number of rotatable bonds is 5. The van der Waals surface area contributed by atoms with Gasteiger partial charge in [0.05, 0.1) is 6.26 Å². The fourth-order valence-electron chi connectivity index (χ4n) is 4.26. The lowest BCUT2D eigenvalue weighted by atomic mass is 9.79. The van der Waals surface area contributed by atoms with E-state index in [9.17, 15) is 8.42 Å². The molecule has 29 heavy (non-hydrogen) atoms. The molecular weight excluding hydrogens is 380 g/mol. The molecule has 0 spiro atoms. The highest BCUT2D eigenvalue weighted by molar-refractivity contribution is 7.88. The number of sulfonamides is 1. The van der Waals surface area contributed by atoms with Crippen LogP contribution in [0.1, 0.15) is 34.9 Å². The molecule has 3 aromatic rings. The van der Waals surface area contributed by atoms with Crippen LogP contribution in [0.25, 0.3) is 11.1 Å². The third-order valence-electron chi connectivity index (χ3n) is 5.57. The zero-order chi connectivity index (χ0) is 20.4. The van der Waals surface area contributed by atoms with Gasteiger partial charge in [-0.2, -0.15) is 0 Å². The Morgan fingerprint density at radius 1 is 1.00 bits per heavy atom. The molecule has 4 rings (SSSR count). The Labute approximate surface area is 173 Å². The summed E-state index contributed by atoms with van der Waals surface area (Å²) in [5, 5.41) is 0. The van der Waals surface area contributed by atoms with Crippen molar-refractivity contribution in [3.05, 3.63) is 89.2 Å². The maximum atomic E-state index is 12.0. The fraction of sp³-hybridized carbons (Fsp3) is 0.292. The normalized spacial score (nSPS) is 19.0. The lowest BCUT2D eigenvalue weighted by molar-refractivity contribution is 0.421. The van der Waals surface area contributed by atoms with Gasteiger partial charge in [0.1, 0.15) is 0 Å². The minimum absolute atomic E-state index is 0.0133. The third-order valence-corrected chi connectivity index (χ3v) is 6.30. The van der Waals surface area contributed by atoms with E-state index in [1.807, 2.05) is 31.2 Å². The number of hydrogen-bond acceptors (Lipinski definition) is 3. The van der Waals surface area contributed by atoms with E-state index in [4.69, 9.17) is 4.98 Å². The maximum absolute atomic E-state index is 12.0. The van der Waals surface area contributed by atoms with Crippen LogP contribution >= 0.6 is 0 Å². The average molecular weight is 407 g/mol. The number of benzene rings is 2. The molecule has 1 N–H and O–H groups in total. The van der Waals surface area contributed by atoms with Crippen molar-refractivity contribution in [1.29, 1.82) is 0 Å². The molecule has 0 fully saturated rings. The van der Waals surface area contributed by atoms with Crippen LogP contribution in [0.5, 0.6) is 0 Å². The summed E-state index contributed by atoms with van der Waals surface area (Å²) in [4.78, 5) is 4.82. The fourth-order valence-corrected chi connectivity index (χ4v) is 5.09. The largest absolute Gasteiger partial charge is 0.258 e. The summed E-state index contributed by atoms with van der Waals surface area (Å²) < 4.78 is 26.8. The predicted octanol–water partition coefficient (Wildman–Crippen LogP) is 4.25. The molecule has 0 amide bonds. The number of aryl methyl sites for hydroxylation is 2. The monoisotopic (exact) mass is 406 g/mol. The van der Waals surface area contributed by atoms with Gasteiger partial charge in [-0.3, -0.25) is 4.98 Å². The van der Waals surface area contributed by atoms with E-state index in [1.54, 1.807) is 0 Å². The predicted molar refractivity (Wildman–Crippen MR) is 117 cm³/mol. The highest BCUT2D eigenvalue weighted by atomic mass is 32.2. The topological polar surface area (TPSA) is 59.1 Å². The summed E-state index contributed by atoms with van der Waals surface area (Å²) in [6, 6.07) is 22.8. The highest BCUT2D eigenvalue weighted by Gasteiger charge is 2.32. The molecule has 0 aliphatic heterocycles. The van der Waals surface area contributed by atoms with Crippen LogP contribution in [0, 0.1) is 6.92 Å². The van der Waals surface area contributed by atoms with Crippen molar-refractivity contribution in [2.24, 2.45) is 0 Å². The first-order valence-corrected chi connectivity index (χ1v) is 11.9. The summed E-state index contributed by atoms with van der Waals surface area (Å²) in [5.74, 6) is 0.0133. The van der Waals surface area contributed by atoms with Crippen LogP contribution in [0.2, 0.25) is 0 Å². The smallest absolute Gasteiger partial charge is 0.208 e. The highest BCUT2D eigenvalue weighted by Crippen LogP contribution is 2.34. The molecule has 0 bridgehead atoms. The first kappa shape index (κ1) is 19.8. The molecule has 0 saturated carbocycles. The van der Waals surface area contributed by atoms with Crippen LogP contribution in [0.15, 0.2) is 66.7 Å². The Bertz CT molecular complexity index is 1110. The maximum Gasteiger partial charge on any atom is 0.208 e. The molecule has 0 radical (unpaired) electrons. The van der Waals surface area contributed by atoms with Crippen molar-refractivity contribution in [3.8, 4) is 11.1 Å². The van der Waals surface area contributed by atoms with E-state index >= 15 is 0 Å². The lowest BCUT2D eigenvalue weighted by Gasteiger charge is -2.33. The zero-order valence-electron chi connectivity index (χ0n) is 16.8. The van der Waals surface area contributed by atoms with Crippen molar-refractivity contribution < 1.29 is 8.42 Å². The Balaban J connectivity index is 1.70. The summed E-state index contributed by atoms with van der Waals surface area (Å²) in [6.07, 6.45) is 3.61. The number of nitrogens with zero attached hydrogens (tertiary/aromatic N) is 1. The van der Waals surface area contributed by atoms with Gasteiger partial charge in [0.15, 0.2) is 0 Å². The molecule has 2 atom stereocenters. The van der Waals surface area contributed by atoms with Crippen molar-refractivity contribution in [1.82, 2.24) is 9.71 Å². The number of fused-ring (bicyclic) bond motifs is 1. The van der Waals surface area contributed by atoms with Gasteiger partial charge in [-0.1, -0.05) is 60.7 Å². The van der Waals surface area contributed by atoms with Gasteiger partial charge in [0, 0.05) is 23.3 Å². The molecule has 1 aliphatic carbocycles. The number of hydrogen-bond donors (Lipinski definition) is 1. The van der Waals surface area contributed by atoms with Crippen LogP contribution in [-0.4, -0.2) is 25.7 Å². The first-order valence-electron chi connectivity index (χ1n) is 9.97. The van der Waals surface area contributed by atoms with Gasteiger partial charge in [0.2, 0.25) is 10.0 Å². The van der Waals surface area contributed by atoms with E-state index in [-0.39, 0.29) is 12.0 Å². The van der Waals surface area contributed by atoms with Gasteiger partial charge in [-0.25, -0.2) is 13.1 Å². The second-order valence-electron chi connectivity index (χ2n) is 7.91. The van der Waals surface area contributed by atoms with Crippen LogP contribution in [0.3, 0.4) is 0 Å². The van der Waals surface area contributed by atoms with E-state index in [0.29, 0.717) is 0 Å². The second kappa shape index (κ2) is 8.09. The van der Waals surface area contributed by atoms with E-state index in [2.05, 4.69) is 47.2 Å². The third kappa shape index (κ3) is 4.74. The van der Waals surface area contributed by atoms with Crippen LogP contribution in [0.4, 0.5) is 0 Å². The lowest BCUT2D eigenvalue weighted by Crippen LogP contribution is -2.42. The Morgan fingerprint density at radius 3 is 2.52 bits per heavy atom. The molecule has 2 aromatic carbocycles. The number of nitrogens with one attached hydrogen (secondary N) is 1. The zero-order valence-corrected chi connectivity index (χ0v) is 17.6. The Kier molecular flexibility index (Phi) is 5.52.